The third-order valence-corrected chi connectivity index (χ3v) is 6.06. The molecule has 0 amide bonds. The van der Waals surface area contributed by atoms with Crippen LogP contribution >= 0.6 is 0 Å². The number of aromatic hydroxyl groups is 2. The first kappa shape index (κ1) is 20.9. The second kappa shape index (κ2) is 7.02. The second-order valence-corrected chi connectivity index (χ2v) is 8.45. The maximum atomic E-state index is 13.7. The van der Waals surface area contributed by atoms with E-state index in [0.717, 1.165) is 24.3 Å². The summed E-state index contributed by atoms with van der Waals surface area (Å²) in [4.78, 5) is 38.1. The Kier molecular flexibility index (Phi) is 4.44. The monoisotopic (exact) mass is 458 g/mol. The smallest absolute Gasteiger partial charge is 0.310 e. The highest BCUT2D eigenvalue weighted by Crippen LogP contribution is 2.43. The van der Waals surface area contributed by atoms with Crippen molar-refractivity contribution in [3.8, 4) is 23.0 Å². The van der Waals surface area contributed by atoms with Crippen LogP contribution in [0.1, 0.15) is 0 Å². The van der Waals surface area contributed by atoms with Crippen molar-refractivity contribution in [2.24, 2.45) is 0 Å². The Labute approximate surface area is 185 Å². The number of nitro groups is 2. The molecule has 0 atom stereocenters. The van der Waals surface area contributed by atoms with Crippen molar-refractivity contribution in [3.05, 3.63) is 56.6 Å². The lowest BCUT2D eigenvalue weighted by atomic mass is 9.74. The van der Waals surface area contributed by atoms with Crippen LogP contribution < -0.4 is 9.47 Å². The number of ether oxygens (including phenoxy) is 2. The molecule has 0 aliphatic carbocycles. The molecular weight excluding hydrogens is 440 g/mol. The van der Waals surface area contributed by atoms with Crippen LogP contribution in [0.5, 0.6) is 23.0 Å². The highest BCUT2D eigenvalue weighted by molar-refractivity contribution is 5.98. The quantitative estimate of drug-likeness (QED) is 0.468. The van der Waals surface area contributed by atoms with Crippen LogP contribution in [0.25, 0.3) is 0 Å². The van der Waals surface area contributed by atoms with E-state index in [1.54, 1.807) is 0 Å². The fourth-order valence-corrected chi connectivity index (χ4v) is 4.96. The van der Waals surface area contributed by atoms with E-state index >= 15 is 0 Å². The highest BCUT2D eigenvalue weighted by atomic mass is 16.6. The third-order valence-electron chi connectivity index (χ3n) is 6.06. The van der Waals surface area contributed by atoms with Crippen molar-refractivity contribution in [2.75, 3.05) is 32.8 Å². The molecule has 0 aromatic heterocycles. The van der Waals surface area contributed by atoms with Gasteiger partial charge in [0.15, 0.2) is 22.7 Å². The number of Topliss-reactive ketones (excluding diaryl/α,β-unsaturated/α-hetero) is 1. The summed E-state index contributed by atoms with van der Waals surface area (Å²) in [5.74, 6) is -1.32. The van der Waals surface area contributed by atoms with Crippen LogP contribution in [0.4, 0.5) is 11.4 Å². The van der Waals surface area contributed by atoms with Crippen LogP contribution in [0.3, 0.4) is 0 Å². The summed E-state index contributed by atoms with van der Waals surface area (Å²) in [6.45, 7) is 1.63. The molecule has 4 bridgehead atoms. The van der Waals surface area contributed by atoms with Gasteiger partial charge in [-0.25, -0.2) is 0 Å². The number of hydrogen-bond acceptors (Lipinski definition) is 11. The fourth-order valence-electron chi connectivity index (χ4n) is 4.96. The lowest BCUT2D eigenvalue weighted by molar-refractivity contribution is -0.386. The number of nitro benzene ring substituents is 2. The van der Waals surface area contributed by atoms with Crippen molar-refractivity contribution in [1.82, 2.24) is 9.80 Å². The molecule has 4 aliphatic heterocycles. The van der Waals surface area contributed by atoms with E-state index in [-0.39, 0.29) is 43.5 Å². The molecule has 4 saturated heterocycles. The molecule has 33 heavy (non-hydrogen) atoms. The van der Waals surface area contributed by atoms with Gasteiger partial charge in [-0.3, -0.25) is 34.8 Å². The Morgan fingerprint density at radius 3 is 1.52 bits per heavy atom. The van der Waals surface area contributed by atoms with Gasteiger partial charge < -0.3 is 19.7 Å². The molecular formula is C20H18N4O9. The summed E-state index contributed by atoms with van der Waals surface area (Å²) >= 11 is 0. The minimum Gasteiger partial charge on any atom is -0.502 e. The molecule has 172 valence electrons. The maximum Gasteiger partial charge on any atom is 0.310 e. The van der Waals surface area contributed by atoms with Crippen LogP contribution in [-0.4, -0.2) is 79.7 Å². The van der Waals surface area contributed by atoms with Crippen molar-refractivity contribution in [1.29, 1.82) is 0 Å². The third kappa shape index (κ3) is 3.29. The molecule has 6 rings (SSSR count). The highest BCUT2D eigenvalue weighted by Gasteiger charge is 2.66. The summed E-state index contributed by atoms with van der Waals surface area (Å²) < 4.78 is 12.1. The van der Waals surface area contributed by atoms with E-state index in [0.29, 0.717) is 6.67 Å². The van der Waals surface area contributed by atoms with E-state index in [2.05, 4.69) is 0 Å². The Balaban J connectivity index is 1.46. The van der Waals surface area contributed by atoms with Crippen molar-refractivity contribution in [2.45, 2.75) is 11.2 Å². The predicted molar refractivity (Wildman–Crippen MR) is 109 cm³/mol. The van der Waals surface area contributed by atoms with E-state index in [1.807, 2.05) is 9.80 Å². The number of nitrogens with zero attached hydrogens (tertiary/aromatic N) is 4. The van der Waals surface area contributed by atoms with Gasteiger partial charge in [0.1, 0.15) is 11.5 Å². The molecule has 4 fully saturated rings. The van der Waals surface area contributed by atoms with Gasteiger partial charge >= 0.3 is 11.4 Å². The molecule has 2 aromatic rings. The largest absolute Gasteiger partial charge is 0.502 e. The van der Waals surface area contributed by atoms with Gasteiger partial charge in [-0.05, 0) is 12.1 Å². The van der Waals surface area contributed by atoms with Gasteiger partial charge in [0.25, 0.3) is 0 Å². The molecule has 13 nitrogen and oxygen atoms in total. The summed E-state index contributed by atoms with van der Waals surface area (Å²) in [5, 5.41) is 41.8. The summed E-state index contributed by atoms with van der Waals surface area (Å²) in [6.07, 6.45) is 0. The first-order valence-corrected chi connectivity index (χ1v) is 9.93. The Hall–Kier alpha value is -3.97. The number of carbonyl (C=O) groups is 1. The average Bonchev–Trinajstić information content (AvgIpc) is 2.71. The number of piperidine rings is 2. The van der Waals surface area contributed by atoms with Crippen LogP contribution in [0, 0.1) is 20.2 Å². The minimum absolute atomic E-state index is 0.0962. The minimum atomic E-state index is -1.35. The molecule has 2 N–H and O–H groups in total. The van der Waals surface area contributed by atoms with E-state index in [1.165, 1.54) is 12.1 Å². The van der Waals surface area contributed by atoms with Gasteiger partial charge in [-0.1, -0.05) is 0 Å². The zero-order valence-corrected chi connectivity index (χ0v) is 17.0. The molecule has 2 aromatic carbocycles. The molecule has 4 heterocycles. The summed E-state index contributed by atoms with van der Waals surface area (Å²) in [7, 11) is 0. The van der Waals surface area contributed by atoms with Crippen LogP contribution in [0.2, 0.25) is 0 Å². The average molecular weight is 458 g/mol. The lowest BCUT2D eigenvalue weighted by Crippen LogP contribution is -2.84. The van der Waals surface area contributed by atoms with Gasteiger partial charge in [0, 0.05) is 50.4 Å². The fraction of sp³-hybridized carbons (Fsp3) is 0.350. The zero-order chi connectivity index (χ0) is 23.5. The van der Waals surface area contributed by atoms with Gasteiger partial charge in [-0.15, -0.1) is 0 Å². The van der Waals surface area contributed by atoms with E-state index in [9.17, 15) is 35.2 Å². The predicted octanol–water partition coefficient (Wildman–Crippen LogP) is 1.02. The standard InChI is InChI=1S/C20H18N4O9/c25-16-5-12(1-3-14(16)23(28)29)32-19-7-21-9-20(18(19)27,10-22(8-19)11-21)33-13-2-4-15(24(30)31)17(26)6-13/h1-6,25-26H,7-11H2. The van der Waals surface area contributed by atoms with Crippen LogP contribution in [0.15, 0.2) is 36.4 Å². The van der Waals surface area contributed by atoms with Gasteiger partial charge in [0.2, 0.25) is 5.78 Å². The normalized spacial score (nSPS) is 29.6. The molecule has 0 radical (unpaired) electrons. The summed E-state index contributed by atoms with van der Waals surface area (Å²) in [6, 6.07) is 7.02. The molecule has 13 heteroatoms. The number of hydrogen-bond donors (Lipinski definition) is 2. The maximum absolute atomic E-state index is 13.7. The van der Waals surface area contributed by atoms with Crippen molar-refractivity contribution < 1.29 is 34.3 Å². The second-order valence-electron chi connectivity index (χ2n) is 8.45. The Morgan fingerprint density at radius 2 is 1.18 bits per heavy atom. The zero-order valence-electron chi connectivity index (χ0n) is 17.0. The number of rotatable bonds is 6. The molecule has 0 saturated carbocycles. The first-order chi connectivity index (χ1) is 15.6. The molecule has 4 aliphatic rings. The van der Waals surface area contributed by atoms with Crippen LogP contribution in [-0.2, 0) is 4.79 Å². The number of ketones is 1. The summed E-state index contributed by atoms with van der Waals surface area (Å²) in [5.41, 5.74) is -3.66. The number of phenols is 2. The van der Waals surface area contributed by atoms with E-state index in [4.69, 9.17) is 9.47 Å². The Bertz CT molecular complexity index is 1100. The SMILES string of the molecule is O=C1C2(Oc3ccc([N+](=O)[O-])c(O)c3)C[N@]3CC1(Oc1ccc([N+](=O)[O-])c(O)c1)C[N@@](C2)C3. The lowest BCUT2D eigenvalue weighted by Gasteiger charge is -2.61. The van der Waals surface area contributed by atoms with Crippen molar-refractivity contribution in [3.63, 3.8) is 0 Å². The van der Waals surface area contributed by atoms with Gasteiger partial charge in [-0.2, -0.15) is 0 Å². The van der Waals surface area contributed by atoms with Crippen molar-refractivity contribution >= 4 is 17.2 Å². The number of phenolic OH excluding ortho intramolecular Hbond substituents is 2. The van der Waals surface area contributed by atoms with Gasteiger partial charge in [0.05, 0.1) is 16.5 Å². The number of benzene rings is 2. The molecule has 0 unspecified atom stereocenters. The number of carbonyl (C=O) groups excluding carboxylic acids is 1. The first-order valence-electron chi connectivity index (χ1n) is 9.93. The topological polar surface area (TPSA) is 169 Å². The molecule has 0 spiro atoms. The van der Waals surface area contributed by atoms with E-state index < -0.39 is 43.9 Å². The Morgan fingerprint density at radius 1 is 0.788 bits per heavy atom.